The van der Waals surface area contributed by atoms with Crippen molar-refractivity contribution in [3.05, 3.63) is 24.3 Å². The third-order valence-corrected chi connectivity index (χ3v) is 12.4. The zero-order chi connectivity index (χ0) is 46.1. The van der Waals surface area contributed by atoms with Gasteiger partial charge in [0.15, 0.2) is 12.6 Å². The van der Waals surface area contributed by atoms with Crippen molar-refractivity contribution in [1.29, 1.82) is 0 Å². The van der Waals surface area contributed by atoms with Gasteiger partial charge in [0.2, 0.25) is 5.91 Å². The Morgan fingerprint density at radius 2 is 1.02 bits per heavy atom. The molecule has 2 fully saturated rings. The van der Waals surface area contributed by atoms with E-state index in [0.29, 0.717) is 12.8 Å². The predicted molar refractivity (Wildman–Crippen MR) is 245 cm³/mol. The van der Waals surface area contributed by atoms with Crippen molar-refractivity contribution in [2.75, 3.05) is 19.8 Å². The Balaban J connectivity index is 1.70. The van der Waals surface area contributed by atoms with E-state index in [9.17, 15) is 45.6 Å². The van der Waals surface area contributed by atoms with Gasteiger partial charge < -0.3 is 65.1 Å². The second kappa shape index (κ2) is 36.6. The third-order valence-electron chi connectivity index (χ3n) is 12.4. The first-order valence-corrected chi connectivity index (χ1v) is 25.1. The summed E-state index contributed by atoms with van der Waals surface area (Å²) in [6.45, 7) is 2.63. The number of amides is 1. The van der Waals surface area contributed by atoms with Crippen LogP contribution < -0.4 is 5.32 Å². The molecular formula is C49H91NO13. The van der Waals surface area contributed by atoms with E-state index in [0.717, 1.165) is 32.1 Å². The van der Waals surface area contributed by atoms with Crippen LogP contribution in [-0.4, -0.2) is 140 Å². The van der Waals surface area contributed by atoms with Crippen LogP contribution in [-0.2, 0) is 23.7 Å². The molecule has 0 radical (unpaired) electrons. The van der Waals surface area contributed by atoms with E-state index >= 15 is 0 Å². The molecule has 0 aromatic rings. The van der Waals surface area contributed by atoms with Crippen molar-refractivity contribution in [2.24, 2.45) is 0 Å². The van der Waals surface area contributed by atoms with Gasteiger partial charge in [-0.25, -0.2) is 0 Å². The van der Waals surface area contributed by atoms with Gasteiger partial charge in [0.05, 0.1) is 32.0 Å². The minimum absolute atomic E-state index is 0.266. The molecule has 14 heteroatoms. The highest BCUT2D eigenvalue weighted by atomic mass is 16.7. The first kappa shape index (κ1) is 57.6. The number of hydrogen-bond donors (Lipinski definition) is 9. The maximum atomic E-state index is 12.9. The fourth-order valence-corrected chi connectivity index (χ4v) is 8.25. The van der Waals surface area contributed by atoms with E-state index in [1.165, 1.54) is 122 Å². The Kier molecular flexibility index (Phi) is 33.4. The zero-order valence-corrected chi connectivity index (χ0v) is 39.1. The fraction of sp³-hybridized carbons (Fsp3) is 0.898. The number of aliphatic hydroxyl groups is 8. The lowest BCUT2D eigenvalue weighted by atomic mass is 9.97. The van der Waals surface area contributed by atoms with Gasteiger partial charge in [-0.2, -0.15) is 0 Å². The Hall–Kier alpha value is -1.53. The summed E-state index contributed by atoms with van der Waals surface area (Å²) in [4.78, 5) is 12.9. The van der Waals surface area contributed by atoms with Crippen molar-refractivity contribution in [2.45, 2.75) is 261 Å². The van der Waals surface area contributed by atoms with E-state index in [-0.39, 0.29) is 18.9 Å². The van der Waals surface area contributed by atoms with Gasteiger partial charge >= 0.3 is 0 Å². The highest BCUT2D eigenvalue weighted by Gasteiger charge is 2.51. The first-order chi connectivity index (χ1) is 30.6. The molecule has 0 aromatic carbocycles. The summed E-state index contributed by atoms with van der Waals surface area (Å²) in [6.07, 6.45) is 23.2. The molecule has 2 aliphatic heterocycles. The summed E-state index contributed by atoms with van der Waals surface area (Å²) < 4.78 is 22.5. The summed E-state index contributed by atoms with van der Waals surface area (Å²) >= 11 is 0. The van der Waals surface area contributed by atoms with Crippen LogP contribution in [0.1, 0.15) is 187 Å². The molecule has 2 heterocycles. The molecule has 63 heavy (non-hydrogen) atoms. The second-order valence-corrected chi connectivity index (χ2v) is 17.9. The molecule has 2 aliphatic rings. The summed E-state index contributed by atoms with van der Waals surface area (Å²) in [5.41, 5.74) is 0. The number of rotatable bonds is 38. The minimum Gasteiger partial charge on any atom is -0.394 e. The number of allylic oxidation sites excluding steroid dienone is 3. The van der Waals surface area contributed by atoms with Crippen LogP contribution in [0.5, 0.6) is 0 Å². The number of hydrogen-bond acceptors (Lipinski definition) is 13. The summed E-state index contributed by atoms with van der Waals surface area (Å²) in [7, 11) is 0. The third kappa shape index (κ3) is 24.2. The molecule has 0 aliphatic carbocycles. The Bertz CT molecular complexity index is 1160. The van der Waals surface area contributed by atoms with E-state index in [1.807, 2.05) is 6.08 Å². The maximum absolute atomic E-state index is 12.9. The molecule has 2 saturated heterocycles. The van der Waals surface area contributed by atoms with Crippen LogP contribution >= 0.6 is 0 Å². The van der Waals surface area contributed by atoms with Gasteiger partial charge in [-0.05, 0) is 32.1 Å². The smallest absolute Gasteiger partial charge is 0.220 e. The van der Waals surface area contributed by atoms with Gasteiger partial charge in [-0.15, -0.1) is 0 Å². The van der Waals surface area contributed by atoms with Crippen LogP contribution in [0.4, 0.5) is 0 Å². The van der Waals surface area contributed by atoms with Gasteiger partial charge in [-0.1, -0.05) is 173 Å². The number of nitrogens with one attached hydrogen (secondary N) is 1. The maximum Gasteiger partial charge on any atom is 0.220 e. The summed E-state index contributed by atoms with van der Waals surface area (Å²) in [6, 6.07) is -0.923. The van der Waals surface area contributed by atoms with Gasteiger partial charge in [0, 0.05) is 6.42 Å². The molecule has 12 unspecified atom stereocenters. The highest BCUT2D eigenvalue weighted by molar-refractivity contribution is 5.76. The van der Waals surface area contributed by atoms with E-state index in [4.69, 9.17) is 18.9 Å². The van der Waals surface area contributed by atoms with Crippen molar-refractivity contribution < 1.29 is 64.6 Å². The Morgan fingerprint density at radius 3 is 1.56 bits per heavy atom. The van der Waals surface area contributed by atoms with E-state index in [1.54, 1.807) is 6.08 Å². The fourth-order valence-electron chi connectivity index (χ4n) is 8.25. The molecule has 0 saturated carbocycles. The number of carbonyl (C=O) groups excluding carboxylic acids is 1. The van der Waals surface area contributed by atoms with Crippen LogP contribution in [0.25, 0.3) is 0 Å². The molecule has 0 bridgehead atoms. The van der Waals surface area contributed by atoms with E-state index < -0.39 is 86.8 Å². The second-order valence-electron chi connectivity index (χ2n) is 17.9. The molecule has 0 spiro atoms. The molecule has 9 N–H and O–H groups in total. The van der Waals surface area contributed by atoms with Gasteiger partial charge in [0.1, 0.15) is 48.8 Å². The molecule has 1 amide bonds. The Labute approximate surface area is 379 Å². The standard InChI is InChI=1S/C49H91NO13/c1-3-5-7-9-10-11-12-13-14-15-16-17-18-19-20-21-22-23-24-25-26-27-28-29-30-32-38(53)37(50-41(54)33-31-8-6-4-2)36-60-48-46(59)44(57)47(40(35-52)62-48)63-49-45(58)43(56)42(55)39(34-51)61-49/h26-27,30,32,37-40,42-49,51-53,55-59H,3-25,28-29,31,33-36H2,1-2H3,(H,50,54)/b27-26+,32-30+. The predicted octanol–water partition coefficient (Wildman–Crippen LogP) is 6.16. The van der Waals surface area contributed by atoms with Crippen LogP contribution in [0.2, 0.25) is 0 Å². The summed E-state index contributed by atoms with van der Waals surface area (Å²) in [5.74, 6) is -0.267. The summed E-state index contributed by atoms with van der Waals surface area (Å²) in [5, 5.41) is 86.1. The molecule has 12 atom stereocenters. The lowest BCUT2D eigenvalue weighted by Crippen LogP contribution is -2.65. The van der Waals surface area contributed by atoms with Gasteiger partial charge in [-0.3, -0.25) is 4.79 Å². The molecule has 2 rings (SSSR count). The van der Waals surface area contributed by atoms with Crippen LogP contribution in [0.3, 0.4) is 0 Å². The highest BCUT2D eigenvalue weighted by Crippen LogP contribution is 2.30. The minimum atomic E-state index is -1.79. The topological polar surface area (TPSA) is 228 Å². The lowest BCUT2D eigenvalue weighted by molar-refractivity contribution is -0.359. The number of ether oxygens (including phenoxy) is 4. The number of aliphatic hydroxyl groups excluding tert-OH is 8. The van der Waals surface area contributed by atoms with Crippen LogP contribution in [0, 0.1) is 0 Å². The number of carbonyl (C=O) groups is 1. The lowest BCUT2D eigenvalue weighted by Gasteiger charge is -2.46. The van der Waals surface area contributed by atoms with Crippen molar-refractivity contribution in [1.82, 2.24) is 5.32 Å². The van der Waals surface area contributed by atoms with Crippen molar-refractivity contribution in [3.63, 3.8) is 0 Å². The average molecular weight is 902 g/mol. The molecule has 14 nitrogen and oxygen atoms in total. The number of unbranched alkanes of at least 4 members (excludes halogenated alkanes) is 23. The molecule has 0 aromatic heterocycles. The molecular weight excluding hydrogens is 811 g/mol. The zero-order valence-electron chi connectivity index (χ0n) is 39.1. The van der Waals surface area contributed by atoms with Crippen LogP contribution in [0.15, 0.2) is 24.3 Å². The molecule has 370 valence electrons. The van der Waals surface area contributed by atoms with Gasteiger partial charge in [0.25, 0.3) is 0 Å². The van der Waals surface area contributed by atoms with Crippen molar-refractivity contribution >= 4 is 5.91 Å². The van der Waals surface area contributed by atoms with E-state index in [2.05, 4.69) is 31.3 Å². The SMILES string of the molecule is CCCCCCCCCCCCCCCCCCCCC/C=C/CC/C=C/C(O)C(COC1OC(CO)C(OC2OC(CO)C(O)C(O)C2O)C(O)C1O)NC(=O)CCCCCC. The normalized spacial score (nSPS) is 27.7. The van der Waals surface area contributed by atoms with Crippen molar-refractivity contribution in [3.8, 4) is 0 Å². The average Bonchev–Trinajstić information content (AvgIpc) is 3.28. The first-order valence-electron chi connectivity index (χ1n) is 25.1. The Morgan fingerprint density at radius 1 is 0.556 bits per heavy atom. The monoisotopic (exact) mass is 902 g/mol. The largest absolute Gasteiger partial charge is 0.394 e. The quantitative estimate of drug-likeness (QED) is 0.0250.